The van der Waals surface area contributed by atoms with Crippen LogP contribution in [0.2, 0.25) is 0 Å². The number of halogens is 1. The fraction of sp³-hybridized carbons (Fsp3) is 0.500. The van der Waals surface area contributed by atoms with Crippen molar-refractivity contribution in [2.24, 2.45) is 10.4 Å². The second-order valence-corrected chi connectivity index (χ2v) is 8.60. The predicted octanol–water partition coefficient (Wildman–Crippen LogP) is 3.16. The molecule has 5 nitrogen and oxygen atoms in total. The molecule has 3 aliphatic heterocycles. The summed E-state index contributed by atoms with van der Waals surface area (Å²) in [6.07, 6.45) is 3.87. The largest absolute Gasteiger partial charge is 0.377 e. The van der Waals surface area contributed by atoms with E-state index in [9.17, 15) is 4.39 Å². The van der Waals surface area contributed by atoms with Crippen LogP contribution in [0.1, 0.15) is 25.8 Å². The van der Waals surface area contributed by atoms with Gasteiger partial charge in [0.1, 0.15) is 11.6 Å². The van der Waals surface area contributed by atoms with Crippen molar-refractivity contribution in [3.05, 3.63) is 53.9 Å². The van der Waals surface area contributed by atoms with Gasteiger partial charge >= 0.3 is 0 Å². The lowest BCUT2D eigenvalue weighted by Gasteiger charge is -2.62. The highest BCUT2D eigenvalue weighted by molar-refractivity contribution is 5.60. The van der Waals surface area contributed by atoms with Gasteiger partial charge in [-0.05, 0) is 57.2 Å². The minimum atomic E-state index is -0.154. The first-order valence-electron chi connectivity index (χ1n) is 10.0. The second-order valence-electron chi connectivity index (χ2n) is 8.60. The van der Waals surface area contributed by atoms with Crippen LogP contribution in [-0.4, -0.2) is 55.4 Å². The van der Waals surface area contributed by atoms with Crippen molar-refractivity contribution in [3.8, 4) is 0 Å². The third-order valence-corrected chi connectivity index (χ3v) is 6.26. The average molecular weight is 384 g/mol. The van der Waals surface area contributed by atoms with Crippen LogP contribution in [0.15, 0.2) is 47.5 Å². The van der Waals surface area contributed by atoms with E-state index in [4.69, 9.17) is 0 Å². The molecule has 2 saturated heterocycles. The van der Waals surface area contributed by atoms with E-state index in [1.54, 1.807) is 12.1 Å². The summed E-state index contributed by atoms with van der Waals surface area (Å²) in [6, 6.07) is 5.53. The molecule has 3 aliphatic rings. The number of benzene rings is 1. The number of rotatable bonds is 6. The molecule has 0 aromatic heterocycles. The summed E-state index contributed by atoms with van der Waals surface area (Å²) in [5.74, 6) is 0.900. The van der Waals surface area contributed by atoms with Crippen LogP contribution in [0.25, 0.3) is 0 Å². The van der Waals surface area contributed by atoms with Gasteiger partial charge in [0.2, 0.25) is 0 Å². The van der Waals surface area contributed by atoms with Crippen LogP contribution in [0.4, 0.5) is 10.1 Å². The quantitative estimate of drug-likeness (QED) is 0.765. The van der Waals surface area contributed by atoms with E-state index >= 15 is 0 Å². The number of likely N-dealkylation sites (tertiary alicyclic amines) is 2. The van der Waals surface area contributed by atoms with Crippen molar-refractivity contribution in [1.29, 1.82) is 0 Å². The molecule has 0 bridgehead atoms. The number of aryl methyl sites for hydroxylation is 1. The molecule has 0 aliphatic carbocycles. The van der Waals surface area contributed by atoms with Gasteiger partial charge in [0, 0.05) is 49.5 Å². The Morgan fingerprint density at radius 3 is 2.82 bits per heavy atom. The van der Waals surface area contributed by atoms with E-state index in [1.807, 2.05) is 19.2 Å². The number of fused-ring (bicyclic) bond motifs is 1. The smallest absolute Gasteiger partial charge is 0.123 e. The van der Waals surface area contributed by atoms with Gasteiger partial charge in [0.05, 0.1) is 12.4 Å². The SMILES string of the molecule is C=N/C(C)=C\NCN1CC2(C1)CN(C(=C)N1c3ccc(F)cc3CCC1C)C2. The second kappa shape index (κ2) is 7.24. The van der Waals surface area contributed by atoms with Crippen molar-refractivity contribution >= 4 is 12.4 Å². The van der Waals surface area contributed by atoms with E-state index in [0.717, 1.165) is 68.5 Å². The van der Waals surface area contributed by atoms with Gasteiger partial charge in [-0.1, -0.05) is 6.58 Å². The highest BCUT2D eigenvalue weighted by Gasteiger charge is 2.52. The Bertz CT molecular complexity index is 803. The van der Waals surface area contributed by atoms with Crippen LogP contribution in [0.5, 0.6) is 0 Å². The molecule has 150 valence electrons. The molecule has 1 spiro atoms. The zero-order chi connectivity index (χ0) is 19.9. The summed E-state index contributed by atoms with van der Waals surface area (Å²) in [5.41, 5.74) is 3.50. The van der Waals surface area contributed by atoms with Crippen LogP contribution in [0, 0.1) is 11.2 Å². The molecule has 0 amide bonds. The van der Waals surface area contributed by atoms with E-state index in [-0.39, 0.29) is 5.82 Å². The number of hydrogen-bond donors (Lipinski definition) is 1. The first-order valence-corrected chi connectivity index (χ1v) is 10.0. The maximum Gasteiger partial charge on any atom is 0.123 e. The summed E-state index contributed by atoms with van der Waals surface area (Å²) in [7, 11) is 0. The Morgan fingerprint density at radius 2 is 2.11 bits per heavy atom. The Morgan fingerprint density at radius 1 is 1.36 bits per heavy atom. The number of hydrogen-bond acceptors (Lipinski definition) is 5. The lowest BCUT2D eigenvalue weighted by molar-refractivity contribution is -0.102. The Balaban J connectivity index is 1.32. The molecule has 1 N–H and O–H groups in total. The van der Waals surface area contributed by atoms with Crippen molar-refractivity contribution in [2.45, 2.75) is 32.7 Å². The van der Waals surface area contributed by atoms with Crippen LogP contribution < -0.4 is 10.2 Å². The lowest BCUT2D eigenvalue weighted by Crippen LogP contribution is -2.73. The number of aliphatic imine (C=N–C) groups is 1. The van der Waals surface area contributed by atoms with Crippen molar-refractivity contribution in [3.63, 3.8) is 0 Å². The molecule has 1 atom stereocenters. The molecule has 3 heterocycles. The molecule has 1 aromatic rings. The Kier molecular flexibility index (Phi) is 4.91. The highest BCUT2D eigenvalue weighted by Crippen LogP contribution is 2.43. The maximum absolute atomic E-state index is 13.6. The maximum atomic E-state index is 13.6. The summed E-state index contributed by atoms with van der Waals surface area (Å²) in [4.78, 5) is 11.0. The van der Waals surface area contributed by atoms with Crippen LogP contribution in [-0.2, 0) is 6.42 Å². The lowest BCUT2D eigenvalue weighted by atomic mass is 9.73. The number of nitrogens with zero attached hydrogens (tertiary/aromatic N) is 4. The first kappa shape index (κ1) is 19.0. The van der Waals surface area contributed by atoms with Crippen molar-refractivity contribution in [2.75, 3.05) is 37.7 Å². The monoisotopic (exact) mass is 383 g/mol. The van der Waals surface area contributed by atoms with Crippen molar-refractivity contribution in [1.82, 2.24) is 15.1 Å². The molecule has 4 rings (SSSR count). The molecule has 0 radical (unpaired) electrons. The molecule has 1 aromatic carbocycles. The standard InChI is InChI=1S/C22H30FN5/c1-16(24-4)10-25-15-26-11-22(12-26)13-27(14-22)18(3)28-17(2)5-6-19-9-20(23)7-8-21(19)28/h7-10,17,25H,3-6,11-15H2,1-2H3/b16-10-. The summed E-state index contributed by atoms with van der Waals surface area (Å²) < 4.78 is 13.6. The average Bonchev–Trinajstić information content (AvgIpc) is 2.61. The third kappa shape index (κ3) is 3.41. The Hall–Kier alpha value is -2.34. The summed E-state index contributed by atoms with van der Waals surface area (Å²) in [6.45, 7) is 17.2. The third-order valence-electron chi connectivity index (χ3n) is 6.26. The van der Waals surface area contributed by atoms with Crippen LogP contribution >= 0.6 is 0 Å². The van der Waals surface area contributed by atoms with E-state index in [1.165, 1.54) is 0 Å². The fourth-order valence-electron chi connectivity index (χ4n) is 4.79. The van der Waals surface area contributed by atoms with E-state index in [0.29, 0.717) is 11.5 Å². The fourth-order valence-corrected chi connectivity index (χ4v) is 4.79. The Labute approximate surface area is 167 Å². The molecular weight excluding hydrogens is 353 g/mol. The van der Waals surface area contributed by atoms with Gasteiger partial charge in [-0.3, -0.25) is 9.89 Å². The first-order chi connectivity index (χ1) is 13.4. The predicted molar refractivity (Wildman–Crippen MR) is 113 cm³/mol. The normalized spacial score (nSPS) is 23.7. The van der Waals surface area contributed by atoms with E-state index in [2.05, 4.69) is 45.2 Å². The molecule has 28 heavy (non-hydrogen) atoms. The van der Waals surface area contributed by atoms with Gasteiger partial charge in [-0.15, -0.1) is 0 Å². The van der Waals surface area contributed by atoms with Gasteiger partial charge in [0.25, 0.3) is 0 Å². The molecule has 6 heteroatoms. The number of anilines is 1. The topological polar surface area (TPSA) is 34.1 Å². The molecule has 1 unspecified atom stereocenters. The number of allylic oxidation sites excluding steroid dienone is 1. The minimum absolute atomic E-state index is 0.154. The zero-order valence-corrected chi connectivity index (χ0v) is 16.9. The van der Waals surface area contributed by atoms with Gasteiger partial charge in [-0.2, -0.15) is 0 Å². The van der Waals surface area contributed by atoms with Gasteiger partial charge < -0.3 is 15.1 Å². The molecular formula is C22H30FN5. The van der Waals surface area contributed by atoms with Gasteiger partial charge in [0.15, 0.2) is 0 Å². The van der Waals surface area contributed by atoms with Crippen LogP contribution in [0.3, 0.4) is 0 Å². The number of nitrogens with one attached hydrogen (secondary N) is 1. The highest BCUT2D eigenvalue weighted by atomic mass is 19.1. The van der Waals surface area contributed by atoms with Gasteiger partial charge in [-0.25, -0.2) is 4.39 Å². The summed E-state index contributed by atoms with van der Waals surface area (Å²) in [5, 5.41) is 3.29. The summed E-state index contributed by atoms with van der Waals surface area (Å²) >= 11 is 0. The zero-order valence-electron chi connectivity index (χ0n) is 16.9. The van der Waals surface area contributed by atoms with E-state index < -0.39 is 0 Å². The van der Waals surface area contributed by atoms with Crippen molar-refractivity contribution < 1.29 is 4.39 Å². The minimum Gasteiger partial charge on any atom is -0.377 e. The molecule has 0 saturated carbocycles. The molecule has 2 fully saturated rings.